The van der Waals surface area contributed by atoms with E-state index in [0.29, 0.717) is 16.8 Å². The van der Waals surface area contributed by atoms with Crippen LogP contribution in [-0.2, 0) is 13.6 Å². The molecule has 0 radical (unpaired) electrons. The summed E-state index contributed by atoms with van der Waals surface area (Å²) in [6, 6.07) is 12.1. The van der Waals surface area contributed by atoms with Crippen LogP contribution in [0, 0.1) is 11.6 Å². The number of hydrogen-bond acceptors (Lipinski definition) is 1. The summed E-state index contributed by atoms with van der Waals surface area (Å²) in [5.41, 5.74) is 1.76. The molecule has 112 valence electrons. The van der Waals surface area contributed by atoms with E-state index in [0.717, 1.165) is 5.39 Å². The van der Waals surface area contributed by atoms with Crippen molar-refractivity contribution < 1.29 is 13.6 Å². The molecule has 0 unspecified atom stereocenters. The van der Waals surface area contributed by atoms with Crippen molar-refractivity contribution in [3.8, 4) is 0 Å². The molecule has 0 aliphatic rings. The Balaban J connectivity index is 1.82. The van der Waals surface area contributed by atoms with Crippen molar-refractivity contribution in [1.29, 1.82) is 0 Å². The maximum atomic E-state index is 13.3. The molecule has 0 bridgehead atoms. The quantitative estimate of drug-likeness (QED) is 0.790. The zero-order chi connectivity index (χ0) is 15.7. The number of rotatable bonds is 3. The van der Waals surface area contributed by atoms with Gasteiger partial charge in [-0.3, -0.25) is 4.79 Å². The Bertz CT molecular complexity index is 855. The molecule has 0 saturated carbocycles. The Morgan fingerprint density at radius 1 is 1.09 bits per heavy atom. The van der Waals surface area contributed by atoms with Gasteiger partial charge in [-0.15, -0.1) is 0 Å². The maximum Gasteiger partial charge on any atom is 0.268 e. The molecule has 3 nitrogen and oxygen atoms in total. The van der Waals surface area contributed by atoms with Crippen molar-refractivity contribution >= 4 is 16.8 Å². The van der Waals surface area contributed by atoms with E-state index in [-0.39, 0.29) is 24.1 Å². The van der Waals surface area contributed by atoms with Crippen molar-refractivity contribution in [3.05, 3.63) is 71.4 Å². The molecule has 1 amide bonds. The third-order valence-corrected chi connectivity index (χ3v) is 3.58. The Labute approximate surface area is 126 Å². The van der Waals surface area contributed by atoms with E-state index in [1.807, 2.05) is 0 Å². The molecule has 0 aliphatic heterocycles. The maximum absolute atomic E-state index is 13.3. The number of hydrogen-bond donors (Lipinski definition) is 1. The molecule has 3 aromatic rings. The van der Waals surface area contributed by atoms with E-state index < -0.39 is 0 Å². The third kappa shape index (κ3) is 2.70. The summed E-state index contributed by atoms with van der Waals surface area (Å²) in [7, 11) is 1.71. The van der Waals surface area contributed by atoms with Gasteiger partial charge in [0, 0.05) is 19.0 Å². The molecular weight excluding hydrogens is 286 g/mol. The summed E-state index contributed by atoms with van der Waals surface area (Å²) in [6.07, 6.45) is 0. The van der Waals surface area contributed by atoms with Gasteiger partial charge >= 0.3 is 0 Å². The predicted molar refractivity (Wildman–Crippen MR) is 80.4 cm³/mol. The van der Waals surface area contributed by atoms with Crippen LogP contribution >= 0.6 is 0 Å². The molecule has 1 heterocycles. The zero-order valence-corrected chi connectivity index (χ0v) is 11.9. The normalized spacial score (nSPS) is 10.9. The average molecular weight is 300 g/mol. The molecule has 0 atom stereocenters. The second-order valence-electron chi connectivity index (χ2n) is 5.10. The predicted octanol–water partition coefficient (Wildman–Crippen LogP) is 3.39. The molecule has 0 spiro atoms. The van der Waals surface area contributed by atoms with Gasteiger partial charge in [-0.2, -0.15) is 0 Å². The SMILES string of the molecule is Cn1c(C(=O)NCc2cccc(F)c2)cc2ccc(F)cc21. The standard InChI is InChI=1S/C17H14F2N2O/c1-21-15-9-14(19)6-5-12(15)8-16(21)17(22)20-10-11-3-2-4-13(18)7-11/h2-9H,10H2,1H3,(H,20,22). The summed E-state index contributed by atoms with van der Waals surface area (Å²) in [5, 5.41) is 3.53. The lowest BCUT2D eigenvalue weighted by Gasteiger charge is -2.07. The molecule has 0 saturated heterocycles. The van der Waals surface area contributed by atoms with Gasteiger partial charge in [0.2, 0.25) is 0 Å². The van der Waals surface area contributed by atoms with Crippen LogP contribution in [0.25, 0.3) is 10.9 Å². The number of nitrogens with one attached hydrogen (secondary N) is 1. The van der Waals surface area contributed by atoms with Crippen LogP contribution in [-0.4, -0.2) is 10.5 Å². The van der Waals surface area contributed by atoms with Crippen molar-refractivity contribution in [3.63, 3.8) is 0 Å². The van der Waals surface area contributed by atoms with Crippen LogP contribution in [0.4, 0.5) is 8.78 Å². The number of aryl methyl sites for hydroxylation is 1. The smallest absolute Gasteiger partial charge is 0.268 e. The molecular formula is C17H14F2N2O. The second kappa shape index (κ2) is 5.60. The van der Waals surface area contributed by atoms with Crippen LogP contribution in [0.5, 0.6) is 0 Å². The second-order valence-corrected chi connectivity index (χ2v) is 5.10. The van der Waals surface area contributed by atoms with Gasteiger partial charge in [0.15, 0.2) is 0 Å². The van der Waals surface area contributed by atoms with E-state index in [1.54, 1.807) is 35.9 Å². The minimum atomic E-state index is -0.347. The van der Waals surface area contributed by atoms with Gasteiger partial charge in [-0.1, -0.05) is 12.1 Å². The van der Waals surface area contributed by atoms with Crippen LogP contribution in [0.15, 0.2) is 48.5 Å². The molecule has 1 N–H and O–H groups in total. The van der Waals surface area contributed by atoms with Gasteiger partial charge in [0.05, 0.1) is 5.52 Å². The van der Waals surface area contributed by atoms with Gasteiger partial charge in [-0.25, -0.2) is 8.78 Å². The van der Waals surface area contributed by atoms with Gasteiger partial charge < -0.3 is 9.88 Å². The Hall–Kier alpha value is -2.69. The highest BCUT2D eigenvalue weighted by molar-refractivity contribution is 5.98. The Morgan fingerprint density at radius 3 is 2.64 bits per heavy atom. The highest BCUT2D eigenvalue weighted by atomic mass is 19.1. The minimum Gasteiger partial charge on any atom is -0.347 e. The monoisotopic (exact) mass is 300 g/mol. The minimum absolute atomic E-state index is 0.229. The number of benzene rings is 2. The highest BCUT2D eigenvalue weighted by Crippen LogP contribution is 2.19. The first kappa shape index (κ1) is 14.3. The van der Waals surface area contributed by atoms with Gasteiger partial charge in [-0.05, 0) is 42.0 Å². The summed E-state index contributed by atoms with van der Waals surface area (Å²) in [4.78, 5) is 12.3. The fourth-order valence-electron chi connectivity index (χ4n) is 2.44. The number of carbonyl (C=O) groups excluding carboxylic acids is 1. The highest BCUT2D eigenvalue weighted by Gasteiger charge is 2.13. The van der Waals surface area contributed by atoms with Crippen LogP contribution in [0.2, 0.25) is 0 Å². The third-order valence-electron chi connectivity index (χ3n) is 3.58. The van der Waals surface area contributed by atoms with Gasteiger partial charge in [0.1, 0.15) is 17.3 Å². The van der Waals surface area contributed by atoms with Crippen LogP contribution in [0.1, 0.15) is 16.1 Å². The molecule has 22 heavy (non-hydrogen) atoms. The van der Waals surface area contributed by atoms with E-state index in [4.69, 9.17) is 0 Å². The van der Waals surface area contributed by atoms with E-state index in [2.05, 4.69) is 5.32 Å². The average Bonchev–Trinajstić information content (AvgIpc) is 2.82. The first-order valence-corrected chi connectivity index (χ1v) is 6.82. The van der Waals surface area contributed by atoms with E-state index in [1.165, 1.54) is 24.3 Å². The van der Waals surface area contributed by atoms with Crippen molar-refractivity contribution in [1.82, 2.24) is 9.88 Å². The number of halogens is 2. The summed E-state index contributed by atoms with van der Waals surface area (Å²) in [6.45, 7) is 0.229. The summed E-state index contributed by atoms with van der Waals surface area (Å²) in [5.74, 6) is -0.976. The van der Waals surface area contributed by atoms with Crippen molar-refractivity contribution in [2.24, 2.45) is 7.05 Å². The lowest BCUT2D eigenvalue weighted by molar-refractivity contribution is 0.0943. The number of aromatic nitrogens is 1. The number of amides is 1. The number of fused-ring (bicyclic) bond motifs is 1. The first-order chi connectivity index (χ1) is 10.5. The molecule has 1 aromatic heterocycles. The Kier molecular flexibility index (Phi) is 3.63. The van der Waals surface area contributed by atoms with Crippen molar-refractivity contribution in [2.75, 3.05) is 0 Å². The van der Waals surface area contributed by atoms with E-state index >= 15 is 0 Å². The molecule has 2 aromatic carbocycles. The van der Waals surface area contributed by atoms with E-state index in [9.17, 15) is 13.6 Å². The first-order valence-electron chi connectivity index (χ1n) is 6.82. The zero-order valence-electron chi connectivity index (χ0n) is 11.9. The molecule has 0 aliphatic carbocycles. The number of carbonyl (C=O) groups is 1. The van der Waals surface area contributed by atoms with Crippen LogP contribution < -0.4 is 5.32 Å². The van der Waals surface area contributed by atoms with Crippen LogP contribution in [0.3, 0.4) is 0 Å². The topological polar surface area (TPSA) is 34.0 Å². The number of nitrogens with zero attached hydrogens (tertiary/aromatic N) is 1. The lowest BCUT2D eigenvalue weighted by Crippen LogP contribution is -2.24. The van der Waals surface area contributed by atoms with Crippen molar-refractivity contribution in [2.45, 2.75) is 6.54 Å². The lowest BCUT2D eigenvalue weighted by atomic mass is 10.2. The fraction of sp³-hybridized carbons (Fsp3) is 0.118. The molecule has 5 heteroatoms. The fourth-order valence-corrected chi connectivity index (χ4v) is 2.44. The van der Waals surface area contributed by atoms with Gasteiger partial charge in [0.25, 0.3) is 5.91 Å². The molecule has 0 fully saturated rings. The molecule has 3 rings (SSSR count). The summed E-state index contributed by atoms with van der Waals surface area (Å²) < 4.78 is 28.0. The Morgan fingerprint density at radius 2 is 1.86 bits per heavy atom. The summed E-state index contributed by atoms with van der Waals surface area (Å²) >= 11 is 0. The largest absolute Gasteiger partial charge is 0.347 e.